The molecule has 0 atom stereocenters. The molecule has 0 fully saturated rings. The second-order valence-corrected chi connectivity index (χ2v) is 4.39. The third kappa shape index (κ3) is 5.50. The fraction of sp³-hybridized carbons (Fsp3) is 0.800. The molecule has 6 heteroatoms. The molecule has 0 radical (unpaired) electrons. The van der Waals surface area contributed by atoms with Crippen molar-refractivity contribution in [3.63, 3.8) is 0 Å². The van der Waals surface area contributed by atoms with Crippen LogP contribution in [-0.2, 0) is 22.5 Å². The van der Waals surface area contributed by atoms with Crippen molar-refractivity contribution in [2.24, 2.45) is 0 Å². The summed E-state index contributed by atoms with van der Waals surface area (Å²) in [5, 5.41) is 13.4. The quantitative estimate of drug-likeness (QED) is 0.654. The average molecular weight is 245 g/mol. The molecule has 1 aromatic heterocycles. The van der Waals surface area contributed by atoms with Gasteiger partial charge in [0.25, 0.3) is 0 Å². The topological polar surface area (TPSA) is 56.3 Å². The van der Waals surface area contributed by atoms with Gasteiger partial charge in [0.15, 0.2) is 0 Å². The van der Waals surface area contributed by atoms with Gasteiger partial charge in [-0.25, -0.2) is 0 Å². The molecular weight excluding hydrogens is 226 g/mol. The molecule has 1 heterocycles. The van der Waals surface area contributed by atoms with Crippen molar-refractivity contribution in [1.29, 1.82) is 0 Å². The van der Waals surface area contributed by atoms with Crippen molar-refractivity contribution in [1.82, 2.24) is 15.5 Å². The fourth-order valence-corrected chi connectivity index (χ4v) is 1.90. The number of likely N-dealkylation sites (N-methyl/N-ethyl adjacent to an activating group) is 1. The van der Waals surface area contributed by atoms with Crippen molar-refractivity contribution in [3.8, 4) is 0 Å². The summed E-state index contributed by atoms with van der Waals surface area (Å²) in [5.74, 6) is 0. The zero-order chi connectivity index (χ0) is 11.6. The van der Waals surface area contributed by atoms with Gasteiger partial charge in [0.1, 0.15) is 16.6 Å². The second-order valence-electron chi connectivity index (χ2n) is 3.24. The summed E-state index contributed by atoms with van der Waals surface area (Å²) >= 11 is 1.61. The molecule has 0 unspecified atom stereocenters. The summed E-state index contributed by atoms with van der Waals surface area (Å²) in [4.78, 5) is 0. The largest absolute Gasteiger partial charge is 0.382 e. The SMILES string of the molecule is CCNCCc1nnc(COCCOC)s1. The van der Waals surface area contributed by atoms with Crippen molar-refractivity contribution < 1.29 is 9.47 Å². The number of nitrogens with one attached hydrogen (secondary N) is 1. The molecule has 0 aromatic carbocycles. The number of nitrogens with zero attached hydrogens (tertiary/aromatic N) is 2. The normalized spacial score (nSPS) is 10.9. The highest BCUT2D eigenvalue weighted by atomic mass is 32.1. The molecular formula is C10H19N3O2S. The summed E-state index contributed by atoms with van der Waals surface area (Å²) in [6.45, 7) is 5.79. The van der Waals surface area contributed by atoms with E-state index in [0.29, 0.717) is 19.8 Å². The maximum atomic E-state index is 5.37. The van der Waals surface area contributed by atoms with E-state index in [4.69, 9.17) is 9.47 Å². The van der Waals surface area contributed by atoms with Gasteiger partial charge in [-0.05, 0) is 6.54 Å². The Morgan fingerprint density at radius 2 is 2.06 bits per heavy atom. The van der Waals surface area contributed by atoms with Crippen molar-refractivity contribution >= 4 is 11.3 Å². The van der Waals surface area contributed by atoms with Crippen LogP contribution in [0.25, 0.3) is 0 Å². The molecule has 0 aliphatic rings. The lowest BCUT2D eigenvalue weighted by Gasteiger charge is -1.99. The van der Waals surface area contributed by atoms with E-state index in [9.17, 15) is 0 Å². The van der Waals surface area contributed by atoms with Crippen LogP contribution in [0.15, 0.2) is 0 Å². The number of aromatic nitrogens is 2. The summed E-state index contributed by atoms with van der Waals surface area (Å²) in [6.07, 6.45) is 0.934. The summed E-state index contributed by atoms with van der Waals surface area (Å²) in [5.41, 5.74) is 0. The van der Waals surface area contributed by atoms with E-state index < -0.39 is 0 Å². The van der Waals surface area contributed by atoms with Crippen LogP contribution in [0.5, 0.6) is 0 Å². The highest BCUT2D eigenvalue weighted by Crippen LogP contribution is 2.10. The number of methoxy groups -OCH3 is 1. The molecule has 0 aliphatic heterocycles. The van der Waals surface area contributed by atoms with Gasteiger partial charge in [0.2, 0.25) is 0 Å². The van der Waals surface area contributed by atoms with Gasteiger partial charge in [0, 0.05) is 20.1 Å². The predicted octanol–water partition coefficient (Wildman–Crippen LogP) is 0.853. The van der Waals surface area contributed by atoms with Crippen LogP contribution < -0.4 is 5.32 Å². The number of hydrogen-bond donors (Lipinski definition) is 1. The number of ether oxygens (including phenoxy) is 2. The van der Waals surface area contributed by atoms with E-state index in [1.165, 1.54) is 0 Å². The van der Waals surface area contributed by atoms with Crippen LogP contribution >= 0.6 is 11.3 Å². The van der Waals surface area contributed by atoms with Gasteiger partial charge in [-0.15, -0.1) is 10.2 Å². The second kappa shape index (κ2) is 8.58. The van der Waals surface area contributed by atoms with Gasteiger partial charge < -0.3 is 14.8 Å². The highest BCUT2D eigenvalue weighted by Gasteiger charge is 2.03. The molecule has 0 saturated carbocycles. The standard InChI is InChI=1S/C10H19N3O2S/c1-3-11-5-4-9-12-13-10(16-9)8-15-7-6-14-2/h11H,3-8H2,1-2H3. The van der Waals surface area contributed by atoms with Gasteiger partial charge in [-0.1, -0.05) is 18.3 Å². The van der Waals surface area contributed by atoms with E-state index in [1.54, 1.807) is 18.4 Å². The number of hydrogen-bond acceptors (Lipinski definition) is 6. The van der Waals surface area contributed by atoms with E-state index in [0.717, 1.165) is 29.5 Å². The molecule has 0 saturated heterocycles. The maximum absolute atomic E-state index is 5.37. The first kappa shape index (κ1) is 13.5. The fourth-order valence-electron chi connectivity index (χ4n) is 1.12. The Kier molecular flexibility index (Phi) is 7.24. The van der Waals surface area contributed by atoms with E-state index >= 15 is 0 Å². The smallest absolute Gasteiger partial charge is 0.143 e. The zero-order valence-electron chi connectivity index (χ0n) is 9.86. The first-order chi connectivity index (χ1) is 7.86. The maximum Gasteiger partial charge on any atom is 0.143 e. The Balaban J connectivity index is 2.17. The van der Waals surface area contributed by atoms with Gasteiger partial charge in [-0.2, -0.15) is 0 Å². The Hall–Kier alpha value is -0.560. The van der Waals surface area contributed by atoms with Crippen LogP contribution in [0, 0.1) is 0 Å². The minimum atomic E-state index is 0.530. The van der Waals surface area contributed by atoms with Crippen LogP contribution in [0.3, 0.4) is 0 Å². The Bertz CT molecular complexity index is 281. The van der Waals surface area contributed by atoms with Crippen molar-refractivity contribution in [2.75, 3.05) is 33.4 Å². The first-order valence-corrected chi connectivity index (χ1v) is 6.27. The van der Waals surface area contributed by atoms with Crippen molar-refractivity contribution in [2.45, 2.75) is 20.0 Å². The summed E-state index contributed by atoms with van der Waals surface area (Å²) in [7, 11) is 1.66. The van der Waals surface area contributed by atoms with Crippen LogP contribution in [0.4, 0.5) is 0 Å². The molecule has 0 aliphatic carbocycles. The lowest BCUT2D eigenvalue weighted by atomic mass is 10.4. The lowest BCUT2D eigenvalue weighted by Crippen LogP contribution is -2.15. The van der Waals surface area contributed by atoms with Crippen LogP contribution in [0.2, 0.25) is 0 Å². The van der Waals surface area contributed by atoms with Crippen molar-refractivity contribution in [3.05, 3.63) is 10.0 Å². The van der Waals surface area contributed by atoms with Gasteiger partial charge in [0.05, 0.1) is 13.2 Å². The zero-order valence-corrected chi connectivity index (χ0v) is 10.7. The molecule has 92 valence electrons. The lowest BCUT2D eigenvalue weighted by molar-refractivity contribution is 0.0613. The van der Waals surface area contributed by atoms with Crippen LogP contribution in [0.1, 0.15) is 16.9 Å². The first-order valence-electron chi connectivity index (χ1n) is 5.45. The average Bonchev–Trinajstić information content (AvgIpc) is 2.73. The molecule has 1 aromatic rings. The third-order valence-electron chi connectivity index (χ3n) is 1.93. The molecule has 16 heavy (non-hydrogen) atoms. The molecule has 1 N–H and O–H groups in total. The van der Waals surface area contributed by atoms with Gasteiger partial charge >= 0.3 is 0 Å². The third-order valence-corrected chi connectivity index (χ3v) is 2.89. The van der Waals surface area contributed by atoms with E-state index in [-0.39, 0.29) is 0 Å². The summed E-state index contributed by atoms with van der Waals surface area (Å²) in [6, 6.07) is 0. The Labute approximate surface area is 100 Å². The number of rotatable bonds is 9. The molecule has 0 amide bonds. The predicted molar refractivity (Wildman–Crippen MR) is 63.7 cm³/mol. The van der Waals surface area contributed by atoms with Crippen LogP contribution in [-0.4, -0.2) is 43.6 Å². The minimum Gasteiger partial charge on any atom is -0.382 e. The Morgan fingerprint density at radius 3 is 2.81 bits per heavy atom. The summed E-state index contributed by atoms with van der Waals surface area (Å²) < 4.78 is 10.3. The monoisotopic (exact) mass is 245 g/mol. The Morgan fingerprint density at radius 1 is 1.25 bits per heavy atom. The minimum absolute atomic E-state index is 0.530. The molecule has 0 spiro atoms. The van der Waals surface area contributed by atoms with E-state index in [2.05, 4.69) is 22.4 Å². The molecule has 1 rings (SSSR count). The highest BCUT2D eigenvalue weighted by molar-refractivity contribution is 7.11. The van der Waals surface area contributed by atoms with Gasteiger partial charge in [-0.3, -0.25) is 0 Å². The van der Waals surface area contributed by atoms with E-state index in [1.807, 2.05) is 0 Å². The molecule has 0 bridgehead atoms. The molecule has 5 nitrogen and oxygen atoms in total.